The molecule has 0 atom stereocenters. The van der Waals surface area contributed by atoms with E-state index in [2.05, 4.69) is 10.5 Å². The number of carbonyl (C=O) groups is 1. The Morgan fingerprint density at radius 2 is 1.80 bits per heavy atom. The minimum atomic E-state index is -0.148. The molecule has 0 saturated carbocycles. The van der Waals surface area contributed by atoms with Crippen LogP contribution < -0.4 is 10.2 Å². The fraction of sp³-hybridized carbons (Fsp3) is 0.263. The SMILES string of the molecule is C/C(=N/NC(=O)CCCOc1ccc(Cl)cc1C)c1ccc(Cl)cc1. The van der Waals surface area contributed by atoms with Crippen molar-refractivity contribution < 1.29 is 9.53 Å². The van der Waals surface area contributed by atoms with Gasteiger partial charge < -0.3 is 4.74 Å². The van der Waals surface area contributed by atoms with Crippen LogP contribution in [0.5, 0.6) is 5.75 Å². The predicted octanol–water partition coefficient (Wildman–Crippen LogP) is 5.00. The Kier molecular flexibility index (Phi) is 7.29. The van der Waals surface area contributed by atoms with Gasteiger partial charge >= 0.3 is 0 Å². The second kappa shape index (κ2) is 9.44. The van der Waals surface area contributed by atoms with Crippen molar-refractivity contribution in [1.29, 1.82) is 0 Å². The van der Waals surface area contributed by atoms with Crippen molar-refractivity contribution in [3.05, 3.63) is 63.6 Å². The lowest BCUT2D eigenvalue weighted by molar-refractivity contribution is -0.121. The molecule has 0 bridgehead atoms. The summed E-state index contributed by atoms with van der Waals surface area (Å²) in [5.41, 5.74) is 5.16. The summed E-state index contributed by atoms with van der Waals surface area (Å²) < 4.78 is 5.66. The van der Waals surface area contributed by atoms with Crippen molar-refractivity contribution in [3.63, 3.8) is 0 Å². The highest BCUT2D eigenvalue weighted by Gasteiger charge is 2.04. The zero-order chi connectivity index (χ0) is 18.2. The number of amides is 1. The van der Waals surface area contributed by atoms with E-state index in [9.17, 15) is 4.79 Å². The maximum Gasteiger partial charge on any atom is 0.240 e. The number of nitrogens with one attached hydrogen (secondary N) is 1. The van der Waals surface area contributed by atoms with Gasteiger partial charge in [-0.3, -0.25) is 4.79 Å². The zero-order valence-corrected chi connectivity index (χ0v) is 15.7. The molecule has 0 fully saturated rings. The van der Waals surface area contributed by atoms with Crippen molar-refractivity contribution in [2.75, 3.05) is 6.61 Å². The van der Waals surface area contributed by atoms with Crippen LogP contribution in [0.3, 0.4) is 0 Å². The van der Waals surface area contributed by atoms with Gasteiger partial charge in [-0.1, -0.05) is 35.3 Å². The number of carbonyl (C=O) groups excluding carboxylic acids is 1. The molecule has 0 unspecified atom stereocenters. The molecule has 0 aliphatic heterocycles. The first kappa shape index (κ1) is 19.3. The van der Waals surface area contributed by atoms with Crippen molar-refractivity contribution in [2.45, 2.75) is 26.7 Å². The first-order valence-electron chi connectivity index (χ1n) is 7.94. The zero-order valence-electron chi connectivity index (χ0n) is 14.2. The van der Waals surface area contributed by atoms with Gasteiger partial charge in [0, 0.05) is 16.5 Å². The van der Waals surface area contributed by atoms with Gasteiger partial charge in [-0.25, -0.2) is 5.43 Å². The van der Waals surface area contributed by atoms with Crippen LogP contribution in [0, 0.1) is 6.92 Å². The average Bonchev–Trinajstić information content (AvgIpc) is 2.58. The highest BCUT2D eigenvalue weighted by molar-refractivity contribution is 6.31. The summed E-state index contributed by atoms with van der Waals surface area (Å²) in [7, 11) is 0. The minimum absolute atomic E-state index is 0.148. The number of nitrogens with zero attached hydrogens (tertiary/aromatic N) is 1. The van der Waals surface area contributed by atoms with Gasteiger partial charge in [-0.05, 0) is 61.7 Å². The number of aryl methyl sites for hydroxylation is 1. The molecule has 1 amide bonds. The lowest BCUT2D eigenvalue weighted by atomic mass is 10.1. The molecule has 4 nitrogen and oxygen atoms in total. The molecule has 0 heterocycles. The molecule has 132 valence electrons. The molecule has 6 heteroatoms. The van der Waals surface area contributed by atoms with E-state index in [1.807, 2.05) is 38.1 Å². The van der Waals surface area contributed by atoms with Gasteiger partial charge in [0.15, 0.2) is 0 Å². The molecule has 25 heavy (non-hydrogen) atoms. The lowest BCUT2D eigenvalue weighted by Crippen LogP contribution is -2.19. The van der Waals surface area contributed by atoms with Crippen LogP contribution in [0.2, 0.25) is 10.0 Å². The number of halogens is 2. The molecular weight excluding hydrogens is 359 g/mol. The number of hydrazone groups is 1. The number of ether oxygens (including phenoxy) is 1. The highest BCUT2D eigenvalue weighted by atomic mass is 35.5. The van der Waals surface area contributed by atoms with Crippen LogP contribution in [0.4, 0.5) is 0 Å². The fourth-order valence-corrected chi connectivity index (χ4v) is 2.50. The standard InChI is InChI=1S/C19H20Cl2N2O2/c1-13-12-17(21)9-10-18(13)25-11-3-4-19(24)23-22-14(2)15-5-7-16(20)8-6-15/h5-10,12H,3-4,11H2,1-2H3,(H,23,24)/b22-14-. The quantitative estimate of drug-likeness (QED) is 0.418. The van der Waals surface area contributed by atoms with E-state index in [0.29, 0.717) is 29.5 Å². The molecule has 0 saturated heterocycles. The summed E-state index contributed by atoms with van der Waals surface area (Å²) >= 11 is 11.8. The van der Waals surface area contributed by atoms with Crippen LogP contribution in [0.1, 0.15) is 30.9 Å². The molecule has 0 aliphatic carbocycles. The van der Waals surface area contributed by atoms with E-state index in [0.717, 1.165) is 22.6 Å². The van der Waals surface area contributed by atoms with Crippen LogP contribution in [-0.4, -0.2) is 18.2 Å². The summed E-state index contributed by atoms with van der Waals surface area (Å²) in [6.07, 6.45) is 0.938. The molecule has 2 aromatic rings. The van der Waals surface area contributed by atoms with Crippen molar-refractivity contribution in [3.8, 4) is 5.75 Å². The Labute approximate surface area is 157 Å². The fourth-order valence-electron chi connectivity index (χ4n) is 2.15. The summed E-state index contributed by atoms with van der Waals surface area (Å²) in [6.45, 7) is 4.22. The normalized spacial score (nSPS) is 11.3. The first-order chi connectivity index (χ1) is 12.0. The molecule has 0 radical (unpaired) electrons. The summed E-state index contributed by atoms with van der Waals surface area (Å²) in [4.78, 5) is 11.8. The number of hydrogen-bond donors (Lipinski definition) is 1. The van der Waals surface area contributed by atoms with Gasteiger partial charge in [0.1, 0.15) is 5.75 Å². The van der Waals surface area contributed by atoms with Gasteiger partial charge in [0.05, 0.1) is 12.3 Å². The van der Waals surface area contributed by atoms with Crippen LogP contribution in [0.25, 0.3) is 0 Å². The second-order valence-corrected chi connectivity index (χ2v) is 6.47. The van der Waals surface area contributed by atoms with Gasteiger partial charge in [-0.15, -0.1) is 0 Å². The third-order valence-corrected chi connectivity index (χ3v) is 4.04. The average molecular weight is 379 g/mol. The highest BCUT2D eigenvalue weighted by Crippen LogP contribution is 2.21. The molecule has 0 spiro atoms. The third-order valence-electron chi connectivity index (χ3n) is 3.55. The Morgan fingerprint density at radius 3 is 2.48 bits per heavy atom. The topological polar surface area (TPSA) is 50.7 Å². The van der Waals surface area contributed by atoms with Crippen LogP contribution in [-0.2, 0) is 4.79 Å². The third kappa shape index (κ3) is 6.40. The summed E-state index contributed by atoms with van der Waals surface area (Å²) in [6, 6.07) is 12.7. The number of hydrogen-bond acceptors (Lipinski definition) is 3. The van der Waals surface area contributed by atoms with Crippen LogP contribution in [0.15, 0.2) is 47.6 Å². The molecular formula is C19H20Cl2N2O2. The maximum absolute atomic E-state index is 11.8. The largest absolute Gasteiger partial charge is 0.493 e. The van der Waals surface area contributed by atoms with Gasteiger partial charge in [0.25, 0.3) is 0 Å². The summed E-state index contributed by atoms with van der Waals surface area (Å²) in [5, 5.41) is 5.45. The predicted molar refractivity (Wildman–Crippen MR) is 103 cm³/mol. The van der Waals surface area contributed by atoms with Gasteiger partial charge in [-0.2, -0.15) is 5.10 Å². The van der Waals surface area contributed by atoms with Crippen LogP contribution >= 0.6 is 23.2 Å². The molecule has 2 rings (SSSR count). The van der Waals surface area contributed by atoms with E-state index < -0.39 is 0 Å². The van der Waals surface area contributed by atoms with E-state index in [-0.39, 0.29) is 5.91 Å². The molecule has 0 aliphatic rings. The first-order valence-corrected chi connectivity index (χ1v) is 8.69. The van der Waals surface area contributed by atoms with E-state index in [4.69, 9.17) is 27.9 Å². The molecule has 0 aromatic heterocycles. The second-order valence-electron chi connectivity index (χ2n) is 5.60. The van der Waals surface area contributed by atoms with Crippen molar-refractivity contribution in [1.82, 2.24) is 5.43 Å². The minimum Gasteiger partial charge on any atom is -0.493 e. The smallest absolute Gasteiger partial charge is 0.240 e. The lowest BCUT2D eigenvalue weighted by Gasteiger charge is -2.09. The monoisotopic (exact) mass is 378 g/mol. The Morgan fingerprint density at radius 1 is 1.12 bits per heavy atom. The maximum atomic E-state index is 11.8. The van der Waals surface area contributed by atoms with Gasteiger partial charge in [0.2, 0.25) is 5.91 Å². The number of benzene rings is 2. The number of rotatable bonds is 7. The van der Waals surface area contributed by atoms with E-state index in [1.54, 1.807) is 18.2 Å². The Hall–Kier alpha value is -2.04. The molecule has 2 aromatic carbocycles. The van der Waals surface area contributed by atoms with E-state index in [1.165, 1.54) is 0 Å². The summed E-state index contributed by atoms with van der Waals surface area (Å²) in [5.74, 6) is 0.631. The van der Waals surface area contributed by atoms with Crippen molar-refractivity contribution >= 4 is 34.8 Å². The Balaban J connectivity index is 1.73. The van der Waals surface area contributed by atoms with Crippen molar-refractivity contribution in [2.24, 2.45) is 5.10 Å². The van der Waals surface area contributed by atoms with E-state index >= 15 is 0 Å². The molecule has 1 N–H and O–H groups in total. The Bertz CT molecular complexity index is 759.